The maximum Gasteiger partial charge on any atom is 0.250 e. The van der Waals surface area contributed by atoms with Crippen molar-refractivity contribution < 1.29 is 4.79 Å². The molecule has 0 aliphatic heterocycles. The molecule has 1 amide bonds. The number of nitrogens with two attached hydrogens (primary N) is 1. The molecule has 116 valence electrons. The topological polar surface area (TPSA) is 80.9 Å². The van der Waals surface area contributed by atoms with E-state index >= 15 is 0 Å². The highest BCUT2D eigenvalue weighted by molar-refractivity contribution is 7.19. The molecule has 0 saturated heterocycles. The zero-order valence-corrected chi connectivity index (χ0v) is 13.9. The highest BCUT2D eigenvalue weighted by Crippen LogP contribution is 2.33. The Kier molecular flexibility index (Phi) is 4.50. The fourth-order valence-corrected chi connectivity index (χ4v) is 3.52. The molecule has 7 heteroatoms. The molecule has 0 radical (unpaired) electrons. The number of nitrogens with one attached hydrogen (secondary N) is 1. The first kappa shape index (κ1) is 15.4. The van der Waals surface area contributed by atoms with Crippen LogP contribution in [0.1, 0.15) is 11.3 Å². The molecule has 0 saturated carbocycles. The summed E-state index contributed by atoms with van der Waals surface area (Å²) in [6.45, 7) is 1.89. The van der Waals surface area contributed by atoms with Crippen LogP contribution in [0, 0.1) is 6.92 Å². The molecule has 0 aliphatic carbocycles. The van der Waals surface area contributed by atoms with Crippen LogP contribution < -0.4 is 11.1 Å². The van der Waals surface area contributed by atoms with Crippen LogP contribution in [0.15, 0.2) is 41.8 Å². The third kappa shape index (κ3) is 3.82. The average molecular weight is 342 g/mol. The number of nitrogens with zero attached hydrogens (tertiary/aromatic N) is 2. The number of amides is 1. The lowest BCUT2D eigenvalue weighted by atomic mass is 10.2. The lowest BCUT2D eigenvalue weighted by Gasteiger charge is -1.95. The lowest BCUT2D eigenvalue weighted by molar-refractivity contribution is -0.111. The van der Waals surface area contributed by atoms with Gasteiger partial charge in [-0.1, -0.05) is 41.7 Å². The first-order valence-electron chi connectivity index (χ1n) is 6.85. The zero-order valence-electron chi connectivity index (χ0n) is 12.3. The summed E-state index contributed by atoms with van der Waals surface area (Å²) in [6.07, 6.45) is 3.25. The summed E-state index contributed by atoms with van der Waals surface area (Å²) in [6, 6.07) is 9.65. The molecular formula is C16H14N4OS2. The maximum atomic E-state index is 12.0. The summed E-state index contributed by atoms with van der Waals surface area (Å²) in [7, 11) is 0. The molecule has 2 heterocycles. The van der Waals surface area contributed by atoms with E-state index in [1.807, 2.05) is 42.6 Å². The minimum atomic E-state index is -0.216. The van der Waals surface area contributed by atoms with Crippen molar-refractivity contribution in [2.75, 3.05) is 11.1 Å². The summed E-state index contributed by atoms with van der Waals surface area (Å²) in [5.74, 6) is -0.216. The van der Waals surface area contributed by atoms with Gasteiger partial charge in [0.2, 0.25) is 5.91 Å². The molecule has 0 atom stereocenters. The number of anilines is 2. The third-order valence-corrected chi connectivity index (χ3v) is 4.78. The van der Waals surface area contributed by atoms with Gasteiger partial charge in [-0.15, -0.1) is 11.3 Å². The fourth-order valence-electron chi connectivity index (χ4n) is 1.96. The Balaban J connectivity index is 1.71. The summed E-state index contributed by atoms with van der Waals surface area (Å²) in [4.78, 5) is 21.5. The van der Waals surface area contributed by atoms with E-state index < -0.39 is 0 Å². The second kappa shape index (κ2) is 6.72. The van der Waals surface area contributed by atoms with Crippen LogP contribution in [0.3, 0.4) is 0 Å². The van der Waals surface area contributed by atoms with Crippen LogP contribution in [0.5, 0.6) is 0 Å². The lowest BCUT2D eigenvalue weighted by Crippen LogP contribution is -2.07. The predicted molar refractivity (Wildman–Crippen MR) is 96.5 cm³/mol. The van der Waals surface area contributed by atoms with Crippen molar-refractivity contribution >= 4 is 44.9 Å². The Morgan fingerprint density at radius 1 is 1.26 bits per heavy atom. The number of carbonyl (C=O) groups is 1. The number of aryl methyl sites for hydroxylation is 1. The molecule has 0 spiro atoms. The highest BCUT2D eigenvalue weighted by Gasteiger charge is 2.13. The van der Waals surface area contributed by atoms with Crippen LogP contribution in [-0.2, 0) is 4.79 Å². The van der Waals surface area contributed by atoms with E-state index in [1.54, 1.807) is 6.08 Å². The van der Waals surface area contributed by atoms with Gasteiger partial charge in [0.15, 0.2) is 10.3 Å². The normalized spacial score (nSPS) is 11.0. The van der Waals surface area contributed by atoms with Gasteiger partial charge in [0.05, 0.1) is 16.3 Å². The number of nitrogen functional groups attached to an aromatic ring is 1. The number of hydrogen-bond donors (Lipinski definition) is 2. The number of aromatic nitrogens is 2. The Hall–Kier alpha value is -2.51. The molecule has 23 heavy (non-hydrogen) atoms. The number of hydrogen-bond acceptors (Lipinski definition) is 6. The first-order chi connectivity index (χ1) is 11.1. The van der Waals surface area contributed by atoms with Crippen molar-refractivity contribution in [1.82, 2.24) is 9.97 Å². The number of carbonyl (C=O) groups excluding carboxylic acids is 1. The third-order valence-electron chi connectivity index (χ3n) is 3.01. The van der Waals surface area contributed by atoms with Crippen LogP contribution in [0.2, 0.25) is 0 Å². The van der Waals surface area contributed by atoms with E-state index in [9.17, 15) is 4.79 Å². The van der Waals surface area contributed by atoms with Gasteiger partial charge in [0.25, 0.3) is 0 Å². The van der Waals surface area contributed by atoms with Gasteiger partial charge in [0.1, 0.15) is 0 Å². The Labute approximate surface area is 141 Å². The maximum absolute atomic E-state index is 12.0. The quantitative estimate of drug-likeness (QED) is 0.707. The summed E-state index contributed by atoms with van der Waals surface area (Å²) in [5.41, 5.74) is 8.25. The van der Waals surface area contributed by atoms with Crippen molar-refractivity contribution in [3.63, 3.8) is 0 Å². The molecule has 3 aromatic rings. The summed E-state index contributed by atoms with van der Waals surface area (Å²) < 4.78 is 0. The van der Waals surface area contributed by atoms with Gasteiger partial charge in [0, 0.05) is 11.5 Å². The van der Waals surface area contributed by atoms with E-state index in [1.165, 1.54) is 28.7 Å². The van der Waals surface area contributed by atoms with Crippen molar-refractivity contribution in [1.29, 1.82) is 0 Å². The zero-order chi connectivity index (χ0) is 16.2. The molecule has 0 unspecified atom stereocenters. The Morgan fingerprint density at radius 3 is 2.74 bits per heavy atom. The summed E-state index contributed by atoms with van der Waals surface area (Å²) in [5, 5.41) is 5.73. The van der Waals surface area contributed by atoms with Gasteiger partial charge in [-0.05, 0) is 18.6 Å². The average Bonchev–Trinajstić information content (AvgIpc) is 3.12. The minimum Gasteiger partial charge on any atom is -0.375 e. The number of rotatable bonds is 4. The first-order valence-corrected chi connectivity index (χ1v) is 8.54. The van der Waals surface area contributed by atoms with Gasteiger partial charge in [-0.25, -0.2) is 9.97 Å². The fraction of sp³-hybridized carbons (Fsp3) is 0.0625. The minimum absolute atomic E-state index is 0.216. The van der Waals surface area contributed by atoms with Crippen molar-refractivity contribution in [3.05, 3.63) is 53.0 Å². The Morgan fingerprint density at radius 2 is 2.04 bits per heavy atom. The molecule has 2 aromatic heterocycles. The smallest absolute Gasteiger partial charge is 0.250 e. The highest BCUT2D eigenvalue weighted by atomic mass is 32.1. The van der Waals surface area contributed by atoms with Crippen molar-refractivity contribution in [2.45, 2.75) is 6.92 Å². The largest absolute Gasteiger partial charge is 0.375 e. The van der Waals surface area contributed by atoms with Gasteiger partial charge >= 0.3 is 0 Å². The van der Waals surface area contributed by atoms with Gasteiger partial charge in [-0.3, -0.25) is 10.1 Å². The van der Waals surface area contributed by atoms with Crippen LogP contribution in [0.4, 0.5) is 10.3 Å². The second-order valence-corrected chi connectivity index (χ2v) is 6.63. The summed E-state index contributed by atoms with van der Waals surface area (Å²) >= 11 is 2.77. The number of thiazole rings is 2. The predicted octanol–water partition coefficient (Wildman–Crippen LogP) is 3.81. The molecule has 1 aromatic carbocycles. The van der Waals surface area contributed by atoms with Crippen LogP contribution in [0.25, 0.3) is 16.6 Å². The van der Waals surface area contributed by atoms with E-state index in [-0.39, 0.29) is 5.91 Å². The van der Waals surface area contributed by atoms with E-state index in [0.717, 1.165) is 21.8 Å². The molecule has 3 N–H and O–H groups in total. The number of benzene rings is 1. The van der Waals surface area contributed by atoms with Crippen LogP contribution in [-0.4, -0.2) is 15.9 Å². The van der Waals surface area contributed by atoms with Crippen molar-refractivity contribution in [2.24, 2.45) is 0 Å². The molecular weight excluding hydrogens is 328 g/mol. The monoisotopic (exact) mass is 342 g/mol. The molecule has 0 bridgehead atoms. The molecule has 3 rings (SSSR count). The van der Waals surface area contributed by atoms with E-state index in [0.29, 0.717) is 10.3 Å². The van der Waals surface area contributed by atoms with Crippen molar-refractivity contribution in [3.8, 4) is 10.6 Å². The molecule has 0 aliphatic rings. The standard InChI is InChI=1S/C16H14N4OS2/c1-10-14(12-9-22-15(17)19-12)23-16(18-10)20-13(21)8-7-11-5-3-2-4-6-11/h2-9H,1H3,(H2,17,19)(H,18,20,21)/b8-7+. The molecule has 0 fully saturated rings. The van der Waals surface area contributed by atoms with E-state index in [2.05, 4.69) is 15.3 Å². The van der Waals surface area contributed by atoms with Crippen LogP contribution >= 0.6 is 22.7 Å². The van der Waals surface area contributed by atoms with Gasteiger partial charge < -0.3 is 5.73 Å². The SMILES string of the molecule is Cc1nc(NC(=O)/C=C/c2ccccc2)sc1-c1csc(N)n1. The Bertz CT molecular complexity index is 852. The second-order valence-electron chi connectivity index (χ2n) is 4.74. The molecule has 5 nitrogen and oxygen atoms in total. The van der Waals surface area contributed by atoms with E-state index in [4.69, 9.17) is 5.73 Å². The van der Waals surface area contributed by atoms with Gasteiger partial charge in [-0.2, -0.15) is 0 Å².